The fourth-order valence-electron chi connectivity index (χ4n) is 2.37. The van der Waals surface area contributed by atoms with Crippen LogP contribution in [0.4, 0.5) is 37.5 Å². The van der Waals surface area contributed by atoms with E-state index in [2.05, 4.69) is 15.3 Å². The van der Waals surface area contributed by atoms with Gasteiger partial charge in [0.1, 0.15) is 18.0 Å². The number of nitro groups is 1. The number of anilines is 4. The molecule has 0 unspecified atom stereocenters. The molecule has 7 nitrogen and oxygen atoms in total. The molecule has 0 aliphatic rings. The molecular formula is C17H13F2N5O2. The van der Waals surface area contributed by atoms with E-state index in [0.29, 0.717) is 11.8 Å². The molecule has 9 heteroatoms. The Morgan fingerprint density at radius 1 is 1.12 bits per heavy atom. The van der Waals surface area contributed by atoms with Gasteiger partial charge in [-0.3, -0.25) is 10.1 Å². The van der Waals surface area contributed by atoms with Gasteiger partial charge in [-0.25, -0.2) is 18.7 Å². The van der Waals surface area contributed by atoms with Gasteiger partial charge in [0.05, 0.1) is 10.6 Å². The van der Waals surface area contributed by atoms with Crippen molar-refractivity contribution < 1.29 is 13.7 Å². The molecule has 0 spiro atoms. The van der Waals surface area contributed by atoms with E-state index in [1.165, 1.54) is 4.90 Å². The van der Waals surface area contributed by atoms with Crippen molar-refractivity contribution in [1.82, 2.24) is 9.97 Å². The average molecular weight is 357 g/mol. The zero-order valence-electron chi connectivity index (χ0n) is 13.6. The van der Waals surface area contributed by atoms with E-state index >= 15 is 0 Å². The normalized spacial score (nSPS) is 10.4. The number of hydrogen-bond acceptors (Lipinski definition) is 6. The van der Waals surface area contributed by atoms with Crippen molar-refractivity contribution in [2.75, 3.05) is 17.3 Å². The minimum Gasteiger partial charge on any atom is -0.332 e. The Bertz CT molecular complexity index is 953. The van der Waals surface area contributed by atoms with E-state index in [1.54, 1.807) is 31.3 Å². The maximum atomic E-state index is 13.9. The Hall–Kier alpha value is -3.62. The lowest BCUT2D eigenvalue weighted by molar-refractivity contribution is -0.383. The van der Waals surface area contributed by atoms with Crippen molar-refractivity contribution in [2.45, 2.75) is 0 Å². The first-order chi connectivity index (χ1) is 12.5. The maximum Gasteiger partial charge on any atom is 0.354 e. The first-order valence-corrected chi connectivity index (χ1v) is 7.47. The minimum atomic E-state index is -0.893. The Morgan fingerprint density at radius 3 is 2.50 bits per heavy atom. The molecule has 0 amide bonds. The van der Waals surface area contributed by atoms with Gasteiger partial charge in [-0.05, 0) is 24.3 Å². The second-order valence-corrected chi connectivity index (χ2v) is 5.30. The molecule has 3 aromatic rings. The van der Waals surface area contributed by atoms with Crippen LogP contribution in [0.25, 0.3) is 0 Å². The lowest BCUT2D eigenvalue weighted by Crippen LogP contribution is -2.15. The number of nitrogens with zero attached hydrogens (tertiary/aromatic N) is 4. The topological polar surface area (TPSA) is 84.2 Å². The predicted octanol–water partition coefficient (Wildman–Crippen LogP) is 4.17. The van der Waals surface area contributed by atoms with Gasteiger partial charge in [-0.1, -0.05) is 18.2 Å². The zero-order chi connectivity index (χ0) is 18.7. The summed E-state index contributed by atoms with van der Waals surface area (Å²) in [5.74, 6) is -1.82. The number of rotatable bonds is 5. The van der Waals surface area contributed by atoms with Crippen molar-refractivity contribution in [3.8, 4) is 0 Å². The Morgan fingerprint density at radius 2 is 1.85 bits per heavy atom. The van der Waals surface area contributed by atoms with Gasteiger partial charge in [0.15, 0.2) is 0 Å². The first-order valence-electron chi connectivity index (χ1n) is 7.47. The van der Waals surface area contributed by atoms with Crippen LogP contribution < -0.4 is 10.2 Å². The lowest BCUT2D eigenvalue weighted by Gasteiger charge is -2.19. The lowest BCUT2D eigenvalue weighted by atomic mass is 10.2. The Kier molecular flexibility index (Phi) is 4.70. The zero-order valence-corrected chi connectivity index (χ0v) is 13.6. The van der Waals surface area contributed by atoms with Crippen molar-refractivity contribution in [3.05, 3.63) is 76.6 Å². The fourth-order valence-corrected chi connectivity index (χ4v) is 2.37. The van der Waals surface area contributed by atoms with Crippen LogP contribution in [0.5, 0.6) is 0 Å². The van der Waals surface area contributed by atoms with Crippen LogP contribution >= 0.6 is 0 Å². The molecule has 0 fully saturated rings. The molecule has 0 atom stereocenters. The Labute approximate surface area is 147 Å². The summed E-state index contributed by atoms with van der Waals surface area (Å²) in [5, 5.41) is 14.1. The van der Waals surface area contributed by atoms with Gasteiger partial charge >= 0.3 is 5.69 Å². The molecule has 0 aliphatic carbocycles. The molecule has 0 radical (unpaired) electrons. The monoisotopic (exact) mass is 357 g/mol. The van der Waals surface area contributed by atoms with E-state index in [0.717, 1.165) is 18.5 Å². The SMILES string of the molecule is CN(c1ccccc1)c1ncnc(Nc2ccc(F)cc2F)c1[N+](=O)[O-]. The highest BCUT2D eigenvalue weighted by Gasteiger charge is 2.26. The van der Waals surface area contributed by atoms with E-state index in [4.69, 9.17) is 0 Å². The standard InChI is InChI=1S/C17H13F2N5O2/c1-23(12-5-3-2-4-6-12)17-15(24(25)26)16(20-10-21-17)22-14-8-7-11(18)9-13(14)19/h2-10H,1H3,(H,20,21,22). The van der Waals surface area contributed by atoms with Crippen molar-refractivity contribution >= 4 is 28.7 Å². The summed E-state index contributed by atoms with van der Waals surface area (Å²) in [4.78, 5) is 20.3. The third-order valence-corrected chi connectivity index (χ3v) is 3.63. The minimum absolute atomic E-state index is 0.0289. The van der Waals surface area contributed by atoms with Gasteiger partial charge in [0.25, 0.3) is 0 Å². The van der Waals surface area contributed by atoms with Crippen molar-refractivity contribution in [3.63, 3.8) is 0 Å². The highest BCUT2D eigenvalue weighted by Crippen LogP contribution is 2.36. The van der Waals surface area contributed by atoms with Crippen LogP contribution in [-0.4, -0.2) is 21.9 Å². The molecule has 0 bridgehead atoms. The van der Waals surface area contributed by atoms with Gasteiger partial charge in [-0.15, -0.1) is 0 Å². The molecular weight excluding hydrogens is 344 g/mol. The van der Waals surface area contributed by atoms with Crippen LogP contribution in [0.1, 0.15) is 0 Å². The molecule has 132 valence electrons. The number of aromatic nitrogens is 2. The fraction of sp³-hybridized carbons (Fsp3) is 0.0588. The molecule has 1 heterocycles. The third-order valence-electron chi connectivity index (χ3n) is 3.63. The van der Waals surface area contributed by atoms with Gasteiger partial charge in [0.2, 0.25) is 11.6 Å². The number of nitrogens with one attached hydrogen (secondary N) is 1. The van der Waals surface area contributed by atoms with Crippen LogP contribution in [0.2, 0.25) is 0 Å². The number of para-hydroxylation sites is 1. The van der Waals surface area contributed by atoms with E-state index in [9.17, 15) is 18.9 Å². The van der Waals surface area contributed by atoms with Crippen molar-refractivity contribution in [2.24, 2.45) is 0 Å². The highest BCUT2D eigenvalue weighted by atomic mass is 19.1. The molecule has 0 aliphatic heterocycles. The summed E-state index contributed by atoms with van der Waals surface area (Å²) in [5.41, 5.74) is 0.109. The van der Waals surface area contributed by atoms with Crippen LogP contribution in [-0.2, 0) is 0 Å². The second kappa shape index (κ2) is 7.09. The average Bonchev–Trinajstić information content (AvgIpc) is 2.63. The summed E-state index contributed by atoms with van der Waals surface area (Å²) in [7, 11) is 1.62. The third kappa shape index (κ3) is 3.41. The van der Waals surface area contributed by atoms with Crippen LogP contribution in [0, 0.1) is 21.7 Å². The van der Waals surface area contributed by atoms with Gasteiger partial charge in [0, 0.05) is 18.8 Å². The maximum absolute atomic E-state index is 13.9. The molecule has 2 aromatic carbocycles. The quantitative estimate of drug-likeness (QED) is 0.545. The smallest absolute Gasteiger partial charge is 0.332 e. The van der Waals surface area contributed by atoms with E-state index < -0.39 is 22.2 Å². The summed E-state index contributed by atoms with van der Waals surface area (Å²) in [6.07, 6.45) is 1.13. The molecule has 1 N–H and O–H groups in total. The first kappa shape index (κ1) is 17.2. The van der Waals surface area contributed by atoms with Crippen LogP contribution in [0.15, 0.2) is 54.9 Å². The summed E-state index contributed by atoms with van der Waals surface area (Å²) < 4.78 is 26.9. The van der Waals surface area contributed by atoms with E-state index in [1.807, 2.05) is 6.07 Å². The summed E-state index contributed by atoms with van der Waals surface area (Å²) in [6, 6.07) is 11.8. The Balaban J connectivity index is 2.05. The summed E-state index contributed by atoms with van der Waals surface area (Å²) >= 11 is 0. The van der Waals surface area contributed by atoms with Crippen LogP contribution in [0.3, 0.4) is 0 Å². The molecule has 0 saturated carbocycles. The van der Waals surface area contributed by atoms with Gasteiger partial charge in [-0.2, -0.15) is 0 Å². The molecule has 26 heavy (non-hydrogen) atoms. The van der Waals surface area contributed by atoms with Crippen molar-refractivity contribution in [1.29, 1.82) is 0 Å². The summed E-state index contributed by atoms with van der Waals surface area (Å²) in [6.45, 7) is 0. The van der Waals surface area contributed by atoms with Gasteiger partial charge < -0.3 is 10.2 Å². The molecule has 0 saturated heterocycles. The highest BCUT2D eigenvalue weighted by molar-refractivity contribution is 5.77. The molecule has 1 aromatic heterocycles. The van der Waals surface area contributed by atoms with E-state index in [-0.39, 0.29) is 17.3 Å². The second-order valence-electron chi connectivity index (χ2n) is 5.30. The largest absolute Gasteiger partial charge is 0.354 e. The number of halogens is 2. The number of hydrogen-bond donors (Lipinski definition) is 1. The number of benzene rings is 2. The predicted molar refractivity (Wildman–Crippen MR) is 92.8 cm³/mol. The molecule has 3 rings (SSSR count).